The highest BCUT2D eigenvalue weighted by Gasteiger charge is 2.19. The third kappa shape index (κ3) is 1.86. The molecular weight excluding hydrogens is 224 g/mol. The van der Waals surface area contributed by atoms with Gasteiger partial charge in [0, 0.05) is 12.4 Å². The summed E-state index contributed by atoms with van der Waals surface area (Å²) in [6.07, 6.45) is 3.48. The van der Waals surface area contributed by atoms with Crippen molar-refractivity contribution in [3.05, 3.63) is 29.9 Å². The SMILES string of the molecule is COC(=O)[C@H](C)n1ccnc1-c1cccs1. The van der Waals surface area contributed by atoms with Gasteiger partial charge >= 0.3 is 5.97 Å². The average molecular weight is 236 g/mol. The number of methoxy groups -OCH3 is 1. The minimum atomic E-state index is -0.357. The zero-order valence-corrected chi connectivity index (χ0v) is 9.90. The lowest BCUT2D eigenvalue weighted by Gasteiger charge is -2.13. The number of thiophene rings is 1. The second kappa shape index (κ2) is 4.49. The first-order chi connectivity index (χ1) is 7.74. The fraction of sp³-hybridized carbons (Fsp3) is 0.273. The van der Waals surface area contributed by atoms with E-state index in [-0.39, 0.29) is 12.0 Å². The molecule has 2 rings (SSSR count). The Balaban J connectivity index is 2.36. The highest BCUT2D eigenvalue weighted by atomic mass is 32.1. The van der Waals surface area contributed by atoms with Gasteiger partial charge in [-0.3, -0.25) is 0 Å². The average Bonchev–Trinajstić information content (AvgIpc) is 2.95. The summed E-state index contributed by atoms with van der Waals surface area (Å²) in [4.78, 5) is 16.8. The minimum Gasteiger partial charge on any atom is -0.467 e. The van der Waals surface area contributed by atoms with E-state index in [1.165, 1.54) is 7.11 Å². The van der Waals surface area contributed by atoms with Crippen molar-refractivity contribution in [2.45, 2.75) is 13.0 Å². The molecule has 0 aliphatic heterocycles. The van der Waals surface area contributed by atoms with Gasteiger partial charge in [-0.2, -0.15) is 0 Å². The highest BCUT2D eigenvalue weighted by molar-refractivity contribution is 7.13. The molecule has 0 aromatic carbocycles. The van der Waals surface area contributed by atoms with Gasteiger partial charge in [0.2, 0.25) is 0 Å². The number of rotatable bonds is 3. The van der Waals surface area contributed by atoms with Gasteiger partial charge in [-0.05, 0) is 18.4 Å². The Labute approximate surface area is 97.5 Å². The van der Waals surface area contributed by atoms with Crippen LogP contribution in [0.1, 0.15) is 13.0 Å². The van der Waals surface area contributed by atoms with Crippen LogP contribution in [0.4, 0.5) is 0 Å². The number of ether oxygens (including phenoxy) is 1. The molecule has 0 bridgehead atoms. The molecule has 0 unspecified atom stereocenters. The molecule has 0 spiro atoms. The van der Waals surface area contributed by atoms with E-state index >= 15 is 0 Å². The fourth-order valence-corrected chi connectivity index (χ4v) is 2.23. The molecule has 0 radical (unpaired) electrons. The first-order valence-electron chi connectivity index (χ1n) is 4.88. The lowest BCUT2D eigenvalue weighted by Crippen LogP contribution is -2.17. The number of aromatic nitrogens is 2. The van der Waals surface area contributed by atoms with Crippen LogP contribution in [0.3, 0.4) is 0 Å². The normalized spacial score (nSPS) is 12.4. The van der Waals surface area contributed by atoms with E-state index < -0.39 is 0 Å². The molecule has 2 aromatic heterocycles. The number of carbonyl (C=O) groups excluding carboxylic acids is 1. The zero-order valence-electron chi connectivity index (χ0n) is 9.08. The van der Waals surface area contributed by atoms with Gasteiger partial charge in [0.05, 0.1) is 12.0 Å². The Morgan fingerprint density at radius 1 is 1.62 bits per heavy atom. The molecule has 0 N–H and O–H groups in total. The molecule has 0 aliphatic rings. The predicted octanol–water partition coefficient (Wildman–Crippen LogP) is 2.35. The van der Waals surface area contributed by atoms with Crippen molar-refractivity contribution < 1.29 is 9.53 Å². The van der Waals surface area contributed by atoms with Crippen molar-refractivity contribution in [2.24, 2.45) is 0 Å². The molecule has 0 saturated heterocycles. The quantitative estimate of drug-likeness (QED) is 0.768. The lowest BCUT2D eigenvalue weighted by atomic mass is 10.3. The van der Waals surface area contributed by atoms with Crippen molar-refractivity contribution >= 4 is 17.3 Å². The molecule has 84 valence electrons. The van der Waals surface area contributed by atoms with Gasteiger partial charge in [0.15, 0.2) is 5.82 Å². The van der Waals surface area contributed by atoms with Crippen molar-refractivity contribution in [3.63, 3.8) is 0 Å². The highest BCUT2D eigenvalue weighted by Crippen LogP contribution is 2.25. The van der Waals surface area contributed by atoms with Gasteiger partial charge in [-0.1, -0.05) is 6.07 Å². The summed E-state index contributed by atoms with van der Waals surface area (Å²) < 4.78 is 6.54. The number of imidazole rings is 1. The Morgan fingerprint density at radius 3 is 3.06 bits per heavy atom. The number of nitrogens with zero attached hydrogens (tertiary/aromatic N) is 2. The smallest absolute Gasteiger partial charge is 0.328 e. The second-order valence-corrected chi connectivity index (χ2v) is 4.28. The van der Waals surface area contributed by atoms with E-state index in [1.807, 2.05) is 22.1 Å². The van der Waals surface area contributed by atoms with Crippen molar-refractivity contribution in [1.29, 1.82) is 0 Å². The van der Waals surface area contributed by atoms with E-state index in [9.17, 15) is 4.79 Å². The lowest BCUT2D eigenvalue weighted by molar-refractivity contribution is -0.143. The molecule has 2 heterocycles. The molecule has 4 nitrogen and oxygen atoms in total. The maximum absolute atomic E-state index is 11.5. The fourth-order valence-electron chi connectivity index (χ4n) is 1.51. The third-order valence-corrected chi connectivity index (χ3v) is 3.24. The van der Waals surface area contributed by atoms with Gasteiger partial charge < -0.3 is 9.30 Å². The summed E-state index contributed by atoms with van der Waals surface area (Å²) >= 11 is 1.60. The van der Waals surface area contributed by atoms with E-state index in [4.69, 9.17) is 4.74 Å². The molecule has 5 heteroatoms. The van der Waals surface area contributed by atoms with Gasteiger partial charge in [0.25, 0.3) is 0 Å². The molecule has 0 fully saturated rings. The molecule has 0 aliphatic carbocycles. The first kappa shape index (κ1) is 10.9. The summed E-state index contributed by atoms with van der Waals surface area (Å²) in [5.74, 6) is 0.531. The Morgan fingerprint density at radius 2 is 2.44 bits per heavy atom. The number of carbonyl (C=O) groups is 1. The van der Waals surface area contributed by atoms with Crippen LogP contribution in [0.2, 0.25) is 0 Å². The summed E-state index contributed by atoms with van der Waals surface area (Å²) in [7, 11) is 1.39. The van der Waals surface area contributed by atoms with Crippen molar-refractivity contribution in [2.75, 3.05) is 7.11 Å². The first-order valence-corrected chi connectivity index (χ1v) is 5.76. The van der Waals surface area contributed by atoms with Crippen molar-refractivity contribution in [3.8, 4) is 10.7 Å². The van der Waals surface area contributed by atoms with E-state index in [1.54, 1.807) is 30.7 Å². The summed E-state index contributed by atoms with van der Waals surface area (Å²) in [5.41, 5.74) is 0. The number of hydrogen-bond acceptors (Lipinski definition) is 4. The number of esters is 1. The maximum Gasteiger partial charge on any atom is 0.328 e. The Kier molecular flexibility index (Phi) is 3.05. The topological polar surface area (TPSA) is 44.1 Å². The zero-order chi connectivity index (χ0) is 11.5. The molecule has 0 amide bonds. The molecule has 2 aromatic rings. The summed E-state index contributed by atoms with van der Waals surface area (Å²) in [6.45, 7) is 1.80. The molecular formula is C11H12N2O2S. The van der Waals surface area contributed by atoms with Crippen LogP contribution in [0.25, 0.3) is 10.7 Å². The van der Waals surface area contributed by atoms with E-state index in [2.05, 4.69) is 4.98 Å². The molecule has 0 saturated carbocycles. The predicted molar refractivity (Wildman–Crippen MR) is 62.3 cm³/mol. The van der Waals surface area contributed by atoms with Gasteiger partial charge in [-0.15, -0.1) is 11.3 Å². The third-order valence-electron chi connectivity index (χ3n) is 2.37. The Hall–Kier alpha value is -1.62. The minimum absolute atomic E-state index is 0.268. The molecule has 16 heavy (non-hydrogen) atoms. The summed E-state index contributed by atoms with van der Waals surface area (Å²) in [6, 6.07) is 3.58. The monoisotopic (exact) mass is 236 g/mol. The Bertz CT molecular complexity index is 476. The van der Waals surface area contributed by atoms with Gasteiger partial charge in [0.1, 0.15) is 6.04 Å². The largest absolute Gasteiger partial charge is 0.467 e. The van der Waals surface area contributed by atoms with Crippen LogP contribution in [0, 0.1) is 0 Å². The van der Waals surface area contributed by atoms with E-state index in [0.29, 0.717) is 0 Å². The van der Waals surface area contributed by atoms with E-state index in [0.717, 1.165) is 10.7 Å². The van der Waals surface area contributed by atoms with Crippen LogP contribution in [0.5, 0.6) is 0 Å². The summed E-state index contributed by atoms with van der Waals surface area (Å²) in [5, 5.41) is 1.98. The maximum atomic E-state index is 11.5. The van der Waals surface area contributed by atoms with Crippen LogP contribution < -0.4 is 0 Å². The second-order valence-electron chi connectivity index (χ2n) is 3.33. The molecule has 1 atom stereocenters. The standard InChI is InChI=1S/C11H12N2O2S/c1-8(11(14)15-2)13-6-5-12-10(13)9-4-3-7-16-9/h3-8H,1-2H3/t8-/m0/s1. The van der Waals surface area contributed by atoms with Crippen LogP contribution >= 0.6 is 11.3 Å². The van der Waals surface area contributed by atoms with Crippen LogP contribution in [0.15, 0.2) is 29.9 Å². The van der Waals surface area contributed by atoms with Crippen LogP contribution in [-0.4, -0.2) is 22.6 Å². The number of hydrogen-bond donors (Lipinski definition) is 0. The van der Waals surface area contributed by atoms with Crippen LogP contribution in [-0.2, 0) is 9.53 Å². The van der Waals surface area contributed by atoms with Gasteiger partial charge in [-0.25, -0.2) is 9.78 Å². The van der Waals surface area contributed by atoms with Crippen molar-refractivity contribution in [1.82, 2.24) is 9.55 Å².